The van der Waals surface area contributed by atoms with Crippen molar-refractivity contribution in [2.45, 2.75) is 39.8 Å². The Balaban J connectivity index is 2.52. The molecule has 0 aliphatic carbocycles. The first kappa shape index (κ1) is 14.5. The molecule has 0 saturated heterocycles. The molecule has 0 amide bonds. The first-order chi connectivity index (χ1) is 9.58. The van der Waals surface area contributed by atoms with Crippen LogP contribution in [0.4, 0.5) is 0 Å². The van der Waals surface area contributed by atoms with Crippen molar-refractivity contribution in [1.82, 2.24) is 4.57 Å². The molecule has 0 bridgehead atoms. The Morgan fingerprint density at radius 2 is 1.75 bits per heavy atom. The minimum absolute atomic E-state index is 0.0143. The van der Waals surface area contributed by atoms with E-state index in [1.807, 2.05) is 19.1 Å². The van der Waals surface area contributed by atoms with Gasteiger partial charge in [-0.1, -0.05) is 44.2 Å². The van der Waals surface area contributed by atoms with Gasteiger partial charge in [-0.2, -0.15) is 0 Å². The molecule has 106 valence electrons. The van der Waals surface area contributed by atoms with Gasteiger partial charge in [0.1, 0.15) is 0 Å². The molecule has 0 aliphatic heterocycles. The van der Waals surface area contributed by atoms with Gasteiger partial charge in [0.2, 0.25) is 0 Å². The van der Waals surface area contributed by atoms with E-state index in [0.29, 0.717) is 18.0 Å². The Morgan fingerprint density at radius 3 is 2.25 bits per heavy atom. The predicted molar refractivity (Wildman–Crippen MR) is 83.8 cm³/mol. The van der Waals surface area contributed by atoms with Gasteiger partial charge in [0, 0.05) is 18.7 Å². The van der Waals surface area contributed by atoms with Gasteiger partial charge in [0.05, 0.1) is 5.69 Å². The molecule has 0 unspecified atom stereocenters. The van der Waals surface area contributed by atoms with Crippen LogP contribution in [0, 0.1) is 0 Å². The van der Waals surface area contributed by atoms with Gasteiger partial charge in [-0.25, -0.2) is 0 Å². The number of hydrogen-bond donors (Lipinski definition) is 1. The lowest BCUT2D eigenvalue weighted by Crippen LogP contribution is -2.25. The summed E-state index contributed by atoms with van der Waals surface area (Å²) in [6.45, 7) is 7.26. The Morgan fingerprint density at radius 1 is 1.10 bits per heavy atom. The number of nitrogens with two attached hydrogens (primary N) is 1. The topological polar surface area (TPSA) is 48.0 Å². The summed E-state index contributed by atoms with van der Waals surface area (Å²) in [4.78, 5) is 12.3. The largest absolute Gasteiger partial charge is 0.326 e. The Hall–Kier alpha value is -1.87. The molecule has 20 heavy (non-hydrogen) atoms. The average Bonchev–Trinajstić information content (AvgIpc) is 2.47. The van der Waals surface area contributed by atoms with Crippen molar-refractivity contribution in [3.05, 3.63) is 57.9 Å². The molecule has 3 nitrogen and oxygen atoms in total. The van der Waals surface area contributed by atoms with Gasteiger partial charge in [0.25, 0.3) is 5.56 Å². The number of hydrogen-bond acceptors (Lipinski definition) is 2. The van der Waals surface area contributed by atoms with Gasteiger partial charge >= 0.3 is 0 Å². The van der Waals surface area contributed by atoms with E-state index in [4.69, 9.17) is 5.73 Å². The van der Waals surface area contributed by atoms with E-state index in [-0.39, 0.29) is 12.1 Å². The molecule has 0 fully saturated rings. The van der Waals surface area contributed by atoms with Crippen molar-refractivity contribution in [2.75, 3.05) is 0 Å². The lowest BCUT2D eigenvalue weighted by atomic mass is 10.0. The zero-order chi connectivity index (χ0) is 14.7. The normalized spacial score (nSPS) is 11.1. The molecule has 1 aromatic carbocycles. The maximum absolute atomic E-state index is 12.3. The molecule has 1 heterocycles. The summed E-state index contributed by atoms with van der Waals surface area (Å²) in [7, 11) is 0. The summed E-state index contributed by atoms with van der Waals surface area (Å²) >= 11 is 0. The highest BCUT2D eigenvalue weighted by molar-refractivity contribution is 5.60. The van der Waals surface area contributed by atoms with Gasteiger partial charge in [0.15, 0.2) is 0 Å². The van der Waals surface area contributed by atoms with Crippen LogP contribution >= 0.6 is 0 Å². The molecular formula is C17H22N2O. The van der Waals surface area contributed by atoms with Crippen molar-refractivity contribution >= 4 is 0 Å². The molecule has 0 spiro atoms. The lowest BCUT2D eigenvalue weighted by molar-refractivity contribution is 0.722. The van der Waals surface area contributed by atoms with Crippen molar-refractivity contribution in [3.8, 4) is 11.3 Å². The summed E-state index contributed by atoms with van der Waals surface area (Å²) in [6, 6.07) is 12.2. The summed E-state index contributed by atoms with van der Waals surface area (Å²) in [5.74, 6) is 0.511. The molecule has 2 N–H and O–H groups in total. The summed E-state index contributed by atoms with van der Waals surface area (Å²) in [5.41, 5.74) is 9.60. The minimum Gasteiger partial charge on any atom is -0.326 e. The number of aromatic nitrogens is 1. The third-order valence-electron chi connectivity index (χ3n) is 3.66. The zero-order valence-electron chi connectivity index (χ0n) is 12.4. The average molecular weight is 270 g/mol. The number of pyridine rings is 1. The summed E-state index contributed by atoms with van der Waals surface area (Å²) in [6.07, 6.45) is 0. The smallest absolute Gasteiger partial charge is 0.255 e. The van der Waals surface area contributed by atoms with Gasteiger partial charge < -0.3 is 10.3 Å². The van der Waals surface area contributed by atoms with Crippen LogP contribution in [0.15, 0.2) is 41.2 Å². The van der Waals surface area contributed by atoms with Crippen LogP contribution < -0.4 is 11.3 Å². The molecule has 0 radical (unpaired) electrons. The number of rotatable bonds is 4. The SMILES string of the molecule is CCn1c(-c2ccc(C(C)C)cc2)ccc(CN)c1=O. The van der Waals surface area contributed by atoms with Crippen LogP contribution in [-0.4, -0.2) is 4.57 Å². The van der Waals surface area contributed by atoms with Crippen LogP contribution in [0.25, 0.3) is 11.3 Å². The highest BCUT2D eigenvalue weighted by atomic mass is 16.1. The third-order valence-corrected chi connectivity index (χ3v) is 3.66. The van der Waals surface area contributed by atoms with Crippen molar-refractivity contribution in [1.29, 1.82) is 0 Å². The Labute approximate surface area is 120 Å². The maximum atomic E-state index is 12.3. The second-order valence-corrected chi connectivity index (χ2v) is 5.27. The van der Waals surface area contributed by atoms with E-state index in [0.717, 1.165) is 11.3 Å². The molecule has 0 atom stereocenters. The van der Waals surface area contributed by atoms with E-state index >= 15 is 0 Å². The van der Waals surface area contributed by atoms with Crippen molar-refractivity contribution in [2.24, 2.45) is 5.73 Å². The maximum Gasteiger partial charge on any atom is 0.255 e. The Kier molecular flexibility index (Phi) is 4.40. The first-order valence-corrected chi connectivity index (χ1v) is 7.11. The summed E-state index contributed by atoms with van der Waals surface area (Å²) < 4.78 is 1.78. The number of nitrogens with zero attached hydrogens (tertiary/aromatic N) is 1. The number of benzene rings is 1. The van der Waals surface area contributed by atoms with Crippen LogP contribution in [0.5, 0.6) is 0 Å². The molecule has 2 rings (SSSR count). The summed E-state index contributed by atoms with van der Waals surface area (Å²) in [5, 5.41) is 0. The standard InChI is InChI=1S/C17H22N2O/c1-4-19-16(10-9-15(11-18)17(19)20)14-7-5-13(6-8-14)12(2)3/h5-10,12H,4,11,18H2,1-3H3. The van der Waals surface area contributed by atoms with Gasteiger partial charge in [-0.05, 0) is 30.0 Å². The fourth-order valence-electron chi connectivity index (χ4n) is 2.38. The van der Waals surface area contributed by atoms with Crippen LogP contribution in [-0.2, 0) is 13.1 Å². The van der Waals surface area contributed by atoms with Crippen LogP contribution in [0.3, 0.4) is 0 Å². The van der Waals surface area contributed by atoms with Gasteiger partial charge in [-0.15, -0.1) is 0 Å². The molecule has 2 aromatic rings. The molecule has 3 heteroatoms. The molecule has 0 saturated carbocycles. The van der Waals surface area contributed by atoms with Crippen LogP contribution in [0.2, 0.25) is 0 Å². The fraction of sp³-hybridized carbons (Fsp3) is 0.353. The highest BCUT2D eigenvalue weighted by Gasteiger charge is 2.09. The van der Waals surface area contributed by atoms with Crippen molar-refractivity contribution < 1.29 is 0 Å². The monoisotopic (exact) mass is 270 g/mol. The molecule has 1 aromatic heterocycles. The lowest BCUT2D eigenvalue weighted by Gasteiger charge is -2.13. The quantitative estimate of drug-likeness (QED) is 0.928. The van der Waals surface area contributed by atoms with Gasteiger partial charge in [-0.3, -0.25) is 4.79 Å². The minimum atomic E-state index is 0.0143. The highest BCUT2D eigenvalue weighted by Crippen LogP contribution is 2.22. The van der Waals surface area contributed by atoms with E-state index in [1.54, 1.807) is 4.57 Å². The van der Waals surface area contributed by atoms with Crippen molar-refractivity contribution in [3.63, 3.8) is 0 Å². The first-order valence-electron chi connectivity index (χ1n) is 7.11. The zero-order valence-corrected chi connectivity index (χ0v) is 12.4. The van der Waals surface area contributed by atoms with E-state index < -0.39 is 0 Å². The second kappa shape index (κ2) is 6.06. The second-order valence-electron chi connectivity index (χ2n) is 5.27. The molecule has 0 aliphatic rings. The fourth-order valence-corrected chi connectivity index (χ4v) is 2.38. The van der Waals surface area contributed by atoms with E-state index in [1.165, 1.54) is 5.56 Å². The molecular weight excluding hydrogens is 248 g/mol. The van der Waals surface area contributed by atoms with E-state index in [2.05, 4.69) is 38.1 Å². The van der Waals surface area contributed by atoms with E-state index in [9.17, 15) is 4.79 Å². The third kappa shape index (κ3) is 2.68. The Bertz CT molecular complexity index is 639. The van der Waals surface area contributed by atoms with Crippen LogP contribution in [0.1, 0.15) is 37.8 Å². The predicted octanol–water partition coefficient (Wildman–Crippen LogP) is 3.12.